The number of nitrogens with one attached hydrogen (secondary N) is 1. The standard InChI is InChI=1S/C14H20N2O2S/c1-9(2)6-12-14(18)16(10(3)13(17)15-12)7-11-4-5-19-8-11/h4-5,8-10,12H,6-7H2,1-3H3,(H,15,17). The van der Waals surface area contributed by atoms with Crippen molar-refractivity contribution in [2.45, 2.75) is 45.8 Å². The van der Waals surface area contributed by atoms with Gasteiger partial charge in [-0.3, -0.25) is 9.59 Å². The SMILES string of the molecule is CC(C)CC1NC(=O)C(C)N(Cc2ccsc2)C1=O. The third kappa shape index (κ3) is 3.15. The van der Waals surface area contributed by atoms with Crippen molar-refractivity contribution in [1.29, 1.82) is 0 Å². The molecule has 1 saturated heterocycles. The molecule has 5 heteroatoms. The molecule has 4 nitrogen and oxygen atoms in total. The molecule has 1 aliphatic rings. The number of rotatable bonds is 4. The van der Waals surface area contributed by atoms with E-state index in [2.05, 4.69) is 19.2 Å². The quantitative estimate of drug-likeness (QED) is 0.917. The highest BCUT2D eigenvalue weighted by molar-refractivity contribution is 7.07. The lowest BCUT2D eigenvalue weighted by molar-refractivity contribution is -0.149. The van der Waals surface area contributed by atoms with E-state index < -0.39 is 6.04 Å². The average molecular weight is 280 g/mol. The Kier molecular flexibility index (Phi) is 4.24. The maximum absolute atomic E-state index is 12.5. The fraction of sp³-hybridized carbons (Fsp3) is 0.571. The van der Waals surface area contributed by atoms with Crippen LogP contribution in [0, 0.1) is 5.92 Å². The summed E-state index contributed by atoms with van der Waals surface area (Å²) in [5.41, 5.74) is 1.09. The summed E-state index contributed by atoms with van der Waals surface area (Å²) in [6.45, 7) is 6.41. The first-order valence-corrected chi connectivity index (χ1v) is 7.55. The second-order valence-electron chi connectivity index (χ2n) is 5.46. The predicted molar refractivity (Wildman–Crippen MR) is 75.7 cm³/mol. The zero-order chi connectivity index (χ0) is 14.0. The highest BCUT2D eigenvalue weighted by atomic mass is 32.1. The van der Waals surface area contributed by atoms with Gasteiger partial charge < -0.3 is 10.2 Å². The summed E-state index contributed by atoms with van der Waals surface area (Å²) in [6.07, 6.45) is 0.692. The molecule has 0 radical (unpaired) electrons. The molecule has 1 aliphatic heterocycles. The fourth-order valence-electron chi connectivity index (χ4n) is 2.31. The Morgan fingerprint density at radius 3 is 2.74 bits per heavy atom. The molecular formula is C14H20N2O2S. The van der Waals surface area contributed by atoms with Gasteiger partial charge in [-0.1, -0.05) is 13.8 Å². The van der Waals surface area contributed by atoms with E-state index in [-0.39, 0.29) is 17.9 Å². The average Bonchev–Trinajstić information content (AvgIpc) is 2.84. The van der Waals surface area contributed by atoms with E-state index in [1.807, 2.05) is 16.8 Å². The van der Waals surface area contributed by atoms with Crippen LogP contribution in [0.5, 0.6) is 0 Å². The Morgan fingerprint density at radius 1 is 1.42 bits per heavy atom. The number of hydrogen-bond donors (Lipinski definition) is 1. The summed E-state index contributed by atoms with van der Waals surface area (Å²) in [5.74, 6) is 0.359. The van der Waals surface area contributed by atoms with Crippen molar-refractivity contribution < 1.29 is 9.59 Å². The van der Waals surface area contributed by atoms with Crippen molar-refractivity contribution >= 4 is 23.2 Å². The van der Waals surface area contributed by atoms with Crippen LogP contribution < -0.4 is 5.32 Å². The smallest absolute Gasteiger partial charge is 0.246 e. The lowest BCUT2D eigenvalue weighted by Gasteiger charge is -2.37. The van der Waals surface area contributed by atoms with Gasteiger partial charge in [0.25, 0.3) is 0 Å². The van der Waals surface area contributed by atoms with Crippen molar-refractivity contribution in [3.8, 4) is 0 Å². The molecule has 2 heterocycles. The van der Waals surface area contributed by atoms with Crippen molar-refractivity contribution in [1.82, 2.24) is 10.2 Å². The highest BCUT2D eigenvalue weighted by Crippen LogP contribution is 2.19. The highest BCUT2D eigenvalue weighted by Gasteiger charge is 2.37. The molecular weight excluding hydrogens is 260 g/mol. The van der Waals surface area contributed by atoms with Gasteiger partial charge in [-0.05, 0) is 41.7 Å². The van der Waals surface area contributed by atoms with Crippen LogP contribution in [0.15, 0.2) is 16.8 Å². The summed E-state index contributed by atoms with van der Waals surface area (Å²) in [7, 11) is 0. The van der Waals surface area contributed by atoms with Crippen molar-refractivity contribution in [3.05, 3.63) is 22.4 Å². The van der Waals surface area contributed by atoms with Gasteiger partial charge in [0.1, 0.15) is 12.1 Å². The van der Waals surface area contributed by atoms with Crippen LogP contribution in [0.1, 0.15) is 32.8 Å². The molecule has 0 saturated carbocycles. The summed E-state index contributed by atoms with van der Waals surface area (Å²) >= 11 is 1.60. The van der Waals surface area contributed by atoms with Gasteiger partial charge in [0.15, 0.2) is 0 Å². The zero-order valence-corrected chi connectivity index (χ0v) is 12.4. The van der Waals surface area contributed by atoms with E-state index in [4.69, 9.17) is 0 Å². The Labute approximate surface area is 117 Å². The van der Waals surface area contributed by atoms with E-state index in [1.54, 1.807) is 23.2 Å². The van der Waals surface area contributed by atoms with Gasteiger partial charge >= 0.3 is 0 Å². The Morgan fingerprint density at radius 2 is 2.16 bits per heavy atom. The second-order valence-corrected chi connectivity index (χ2v) is 6.24. The first kappa shape index (κ1) is 14.1. The number of amides is 2. The van der Waals surface area contributed by atoms with Crippen molar-refractivity contribution in [2.75, 3.05) is 0 Å². The van der Waals surface area contributed by atoms with Crippen molar-refractivity contribution in [2.24, 2.45) is 5.92 Å². The number of thiophene rings is 1. The van der Waals surface area contributed by atoms with Crippen LogP contribution in [0.25, 0.3) is 0 Å². The van der Waals surface area contributed by atoms with Crippen LogP contribution in [0.3, 0.4) is 0 Å². The summed E-state index contributed by atoms with van der Waals surface area (Å²) in [6, 6.07) is 1.23. The van der Waals surface area contributed by atoms with E-state index in [9.17, 15) is 9.59 Å². The van der Waals surface area contributed by atoms with E-state index in [1.165, 1.54) is 0 Å². The van der Waals surface area contributed by atoms with Gasteiger partial charge in [-0.25, -0.2) is 0 Å². The van der Waals surface area contributed by atoms with Gasteiger partial charge in [-0.15, -0.1) is 0 Å². The molecule has 0 aromatic carbocycles. The maximum atomic E-state index is 12.5. The predicted octanol–water partition coefficient (Wildman–Crippen LogP) is 2.01. The third-order valence-electron chi connectivity index (χ3n) is 3.38. The molecule has 2 amide bonds. The van der Waals surface area contributed by atoms with Crippen LogP contribution in [0.2, 0.25) is 0 Å². The number of hydrogen-bond acceptors (Lipinski definition) is 3. The Bertz CT molecular complexity index is 456. The number of piperazine rings is 1. The van der Waals surface area contributed by atoms with E-state index in [0.717, 1.165) is 5.56 Å². The second kappa shape index (κ2) is 5.74. The number of carbonyl (C=O) groups excluding carboxylic acids is 2. The first-order valence-electron chi connectivity index (χ1n) is 6.61. The van der Waals surface area contributed by atoms with Crippen LogP contribution in [-0.4, -0.2) is 28.8 Å². The topological polar surface area (TPSA) is 49.4 Å². The summed E-state index contributed by atoms with van der Waals surface area (Å²) in [5, 5.41) is 6.83. The minimum Gasteiger partial charge on any atom is -0.343 e. The van der Waals surface area contributed by atoms with Gasteiger partial charge in [0, 0.05) is 6.54 Å². The van der Waals surface area contributed by atoms with Gasteiger partial charge in [0.05, 0.1) is 0 Å². The van der Waals surface area contributed by atoms with E-state index >= 15 is 0 Å². The van der Waals surface area contributed by atoms with Crippen LogP contribution in [0.4, 0.5) is 0 Å². The molecule has 2 rings (SSSR count). The molecule has 1 aromatic heterocycles. The van der Waals surface area contributed by atoms with E-state index in [0.29, 0.717) is 18.9 Å². The maximum Gasteiger partial charge on any atom is 0.246 e. The van der Waals surface area contributed by atoms with Gasteiger partial charge in [-0.2, -0.15) is 11.3 Å². The summed E-state index contributed by atoms with van der Waals surface area (Å²) < 4.78 is 0. The zero-order valence-electron chi connectivity index (χ0n) is 11.6. The molecule has 1 fully saturated rings. The van der Waals surface area contributed by atoms with Gasteiger partial charge in [0.2, 0.25) is 11.8 Å². The van der Waals surface area contributed by atoms with Crippen LogP contribution in [-0.2, 0) is 16.1 Å². The largest absolute Gasteiger partial charge is 0.343 e. The first-order chi connectivity index (χ1) is 8.99. The summed E-state index contributed by atoms with van der Waals surface area (Å²) in [4.78, 5) is 26.1. The molecule has 0 spiro atoms. The lowest BCUT2D eigenvalue weighted by atomic mass is 9.98. The number of carbonyl (C=O) groups is 2. The van der Waals surface area contributed by atoms with Crippen LogP contribution >= 0.6 is 11.3 Å². The minimum atomic E-state index is -0.393. The third-order valence-corrected chi connectivity index (χ3v) is 4.12. The Balaban J connectivity index is 2.14. The molecule has 0 bridgehead atoms. The molecule has 1 N–H and O–H groups in total. The molecule has 2 unspecified atom stereocenters. The minimum absolute atomic E-state index is 0.0343. The molecule has 19 heavy (non-hydrogen) atoms. The molecule has 1 aromatic rings. The Hall–Kier alpha value is -1.36. The normalized spacial score (nSPS) is 23.9. The molecule has 0 aliphatic carbocycles. The molecule has 2 atom stereocenters. The monoisotopic (exact) mass is 280 g/mol. The molecule has 104 valence electrons. The van der Waals surface area contributed by atoms with Crippen molar-refractivity contribution in [3.63, 3.8) is 0 Å². The fourth-order valence-corrected chi connectivity index (χ4v) is 2.97. The number of nitrogens with zero attached hydrogens (tertiary/aromatic N) is 1. The lowest BCUT2D eigenvalue weighted by Crippen LogP contribution is -2.62.